The zero-order valence-corrected chi connectivity index (χ0v) is 9.70. The predicted octanol–water partition coefficient (Wildman–Crippen LogP) is 3.08. The normalized spacial score (nSPS) is 21.7. The average molecular weight is 209 g/mol. The second-order valence-electron chi connectivity index (χ2n) is 4.12. The minimum Gasteiger partial charge on any atom is -0.330 e. The van der Waals surface area contributed by atoms with E-state index in [-0.39, 0.29) is 0 Å². The molecule has 1 heterocycles. The van der Waals surface area contributed by atoms with E-state index in [2.05, 4.69) is 13.0 Å². The maximum absolute atomic E-state index is 5.84. The summed E-state index contributed by atoms with van der Waals surface area (Å²) in [6.07, 6.45) is 6.47. The minimum absolute atomic E-state index is 0.643. The topological polar surface area (TPSA) is 26.0 Å². The summed E-state index contributed by atoms with van der Waals surface area (Å²) in [6.45, 7) is 3.06. The molecule has 0 saturated heterocycles. The van der Waals surface area contributed by atoms with Crippen LogP contribution in [-0.2, 0) is 12.8 Å². The van der Waals surface area contributed by atoms with Crippen molar-refractivity contribution in [2.24, 2.45) is 5.73 Å². The van der Waals surface area contributed by atoms with Crippen LogP contribution in [0, 0.1) is 0 Å². The Morgan fingerprint density at radius 2 is 2.36 bits per heavy atom. The molecule has 2 heteroatoms. The highest BCUT2D eigenvalue weighted by atomic mass is 32.1. The first kappa shape index (κ1) is 10.2. The van der Waals surface area contributed by atoms with Crippen molar-refractivity contribution in [3.8, 4) is 0 Å². The third-order valence-electron chi connectivity index (χ3n) is 3.17. The SMILES string of the molecule is CCc1cc2c(s1)CCCC[C@@H]2CN. The van der Waals surface area contributed by atoms with Gasteiger partial charge in [-0.2, -0.15) is 0 Å². The quantitative estimate of drug-likeness (QED) is 0.744. The summed E-state index contributed by atoms with van der Waals surface area (Å²) in [6, 6.07) is 2.41. The van der Waals surface area contributed by atoms with Crippen LogP contribution in [0.5, 0.6) is 0 Å². The number of nitrogens with two attached hydrogens (primary N) is 1. The van der Waals surface area contributed by atoms with Crippen molar-refractivity contribution in [3.63, 3.8) is 0 Å². The maximum Gasteiger partial charge on any atom is 0.00834 e. The Hall–Kier alpha value is -0.340. The average Bonchev–Trinajstić information content (AvgIpc) is 2.53. The molecular formula is C12H19NS. The Labute approximate surface area is 90.3 Å². The molecule has 0 amide bonds. The smallest absolute Gasteiger partial charge is 0.00834 e. The summed E-state index contributed by atoms with van der Waals surface area (Å²) in [5.74, 6) is 0.643. The van der Waals surface area contributed by atoms with Gasteiger partial charge in [0.15, 0.2) is 0 Å². The molecule has 2 N–H and O–H groups in total. The van der Waals surface area contributed by atoms with Crippen molar-refractivity contribution in [3.05, 3.63) is 21.4 Å². The largest absolute Gasteiger partial charge is 0.330 e. The molecule has 78 valence electrons. The van der Waals surface area contributed by atoms with Gasteiger partial charge in [0.2, 0.25) is 0 Å². The first-order chi connectivity index (χ1) is 6.85. The Morgan fingerprint density at radius 1 is 1.50 bits per heavy atom. The van der Waals surface area contributed by atoms with Crippen LogP contribution in [0.15, 0.2) is 6.07 Å². The fourth-order valence-corrected chi connectivity index (χ4v) is 3.53. The van der Waals surface area contributed by atoms with Crippen LogP contribution in [0.3, 0.4) is 0 Å². The number of rotatable bonds is 2. The molecule has 0 aliphatic heterocycles. The minimum atomic E-state index is 0.643. The molecule has 1 atom stereocenters. The number of aryl methyl sites for hydroxylation is 2. The van der Waals surface area contributed by atoms with Crippen LogP contribution in [0.4, 0.5) is 0 Å². The van der Waals surface area contributed by atoms with Crippen LogP contribution in [0.2, 0.25) is 0 Å². The lowest BCUT2D eigenvalue weighted by atomic mass is 9.96. The van der Waals surface area contributed by atoms with Crippen LogP contribution in [0.1, 0.15) is 47.4 Å². The van der Waals surface area contributed by atoms with Gasteiger partial charge in [0.1, 0.15) is 0 Å². The second kappa shape index (κ2) is 4.45. The van der Waals surface area contributed by atoms with Gasteiger partial charge in [0.05, 0.1) is 0 Å². The Morgan fingerprint density at radius 3 is 3.07 bits per heavy atom. The molecule has 1 nitrogen and oxygen atoms in total. The molecule has 2 rings (SSSR count). The number of thiophene rings is 1. The summed E-state index contributed by atoms with van der Waals surface area (Å²) in [4.78, 5) is 3.16. The van der Waals surface area contributed by atoms with Crippen LogP contribution in [-0.4, -0.2) is 6.54 Å². The lowest BCUT2D eigenvalue weighted by molar-refractivity contribution is 0.603. The molecule has 0 aromatic carbocycles. The van der Waals surface area contributed by atoms with Gasteiger partial charge in [0, 0.05) is 9.75 Å². The van der Waals surface area contributed by atoms with Gasteiger partial charge in [-0.05, 0) is 49.8 Å². The van der Waals surface area contributed by atoms with Crippen molar-refractivity contribution in [1.29, 1.82) is 0 Å². The van der Waals surface area contributed by atoms with Crippen molar-refractivity contribution in [2.75, 3.05) is 6.54 Å². The van der Waals surface area contributed by atoms with E-state index in [0.29, 0.717) is 5.92 Å². The van der Waals surface area contributed by atoms with Crippen molar-refractivity contribution < 1.29 is 0 Å². The zero-order valence-electron chi connectivity index (χ0n) is 8.88. The third kappa shape index (κ3) is 1.86. The van der Waals surface area contributed by atoms with Gasteiger partial charge < -0.3 is 5.73 Å². The highest BCUT2D eigenvalue weighted by Gasteiger charge is 2.19. The van der Waals surface area contributed by atoms with Crippen molar-refractivity contribution >= 4 is 11.3 Å². The maximum atomic E-state index is 5.84. The fraction of sp³-hybridized carbons (Fsp3) is 0.667. The Kier molecular flexibility index (Phi) is 3.24. The van der Waals surface area contributed by atoms with Gasteiger partial charge >= 0.3 is 0 Å². The molecule has 0 unspecified atom stereocenters. The Bertz CT molecular complexity index is 303. The van der Waals surface area contributed by atoms with E-state index in [1.54, 1.807) is 10.4 Å². The molecule has 1 aliphatic rings. The van der Waals surface area contributed by atoms with Crippen LogP contribution >= 0.6 is 11.3 Å². The van der Waals surface area contributed by atoms with Crippen LogP contribution in [0.25, 0.3) is 0 Å². The van der Waals surface area contributed by atoms with Crippen molar-refractivity contribution in [1.82, 2.24) is 0 Å². The number of fused-ring (bicyclic) bond motifs is 1. The van der Waals surface area contributed by atoms with E-state index in [0.717, 1.165) is 6.54 Å². The first-order valence-corrected chi connectivity index (χ1v) is 6.48. The highest BCUT2D eigenvalue weighted by molar-refractivity contribution is 7.12. The summed E-state index contributed by atoms with van der Waals surface area (Å²) in [5.41, 5.74) is 7.42. The van der Waals surface area contributed by atoms with Gasteiger partial charge in [-0.25, -0.2) is 0 Å². The molecule has 0 fully saturated rings. The molecule has 0 bridgehead atoms. The number of hydrogen-bond acceptors (Lipinski definition) is 2. The molecule has 0 spiro atoms. The van der Waals surface area contributed by atoms with E-state index in [1.165, 1.54) is 37.0 Å². The second-order valence-corrected chi connectivity index (χ2v) is 5.34. The van der Waals surface area contributed by atoms with Crippen molar-refractivity contribution in [2.45, 2.75) is 44.9 Å². The Balaban J connectivity index is 2.32. The fourth-order valence-electron chi connectivity index (χ4n) is 2.29. The van der Waals surface area contributed by atoms with Gasteiger partial charge in [-0.3, -0.25) is 0 Å². The lowest BCUT2D eigenvalue weighted by Crippen LogP contribution is -2.11. The van der Waals surface area contributed by atoms with Gasteiger partial charge in [-0.1, -0.05) is 13.3 Å². The predicted molar refractivity (Wildman–Crippen MR) is 63.0 cm³/mol. The van der Waals surface area contributed by atoms with E-state index in [4.69, 9.17) is 5.73 Å². The molecule has 1 aromatic heterocycles. The van der Waals surface area contributed by atoms with E-state index in [1.807, 2.05) is 11.3 Å². The molecular weight excluding hydrogens is 190 g/mol. The molecule has 0 saturated carbocycles. The summed E-state index contributed by atoms with van der Waals surface area (Å²) in [5, 5.41) is 0. The lowest BCUT2D eigenvalue weighted by Gasteiger charge is -2.11. The molecule has 14 heavy (non-hydrogen) atoms. The number of hydrogen-bond donors (Lipinski definition) is 1. The molecule has 0 radical (unpaired) electrons. The van der Waals surface area contributed by atoms with E-state index in [9.17, 15) is 0 Å². The van der Waals surface area contributed by atoms with E-state index < -0.39 is 0 Å². The van der Waals surface area contributed by atoms with Gasteiger partial charge in [0.25, 0.3) is 0 Å². The zero-order chi connectivity index (χ0) is 9.97. The standard InChI is InChI=1S/C12H19NS/c1-2-10-7-11-9(8-13)5-3-4-6-12(11)14-10/h7,9H,2-6,8,13H2,1H3/t9-/m1/s1. The highest BCUT2D eigenvalue weighted by Crippen LogP contribution is 2.35. The van der Waals surface area contributed by atoms with E-state index >= 15 is 0 Å². The summed E-state index contributed by atoms with van der Waals surface area (Å²) in [7, 11) is 0. The van der Waals surface area contributed by atoms with Gasteiger partial charge in [-0.15, -0.1) is 11.3 Å². The summed E-state index contributed by atoms with van der Waals surface area (Å²) < 4.78 is 0. The van der Waals surface area contributed by atoms with Crippen LogP contribution < -0.4 is 5.73 Å². The summed E-state index contributed by atoms with van der Waals surface area (Å²) >= 11 is 2.01. The monoisotopic (exact) mass is 209 g/mol. The molecule has 1 aliphatic carbocycles. The molecule has 1 aromatic rings. The third-order valence-corrected chi connectivity index (χ3v) is 4.53. The first-order valence-electron chi connectivity index (χ1n) is 5.66.